The molecule has 0 amide bonds. The number of nitriles is 1. The number of hydrogen-bond acceptors (Lipinski definition) is 2. The van der Waals surface area contributed by atoms with Crippen LogP contribution in [0.5, 0.6) is 5.75 Å². The largest absolute Gasteiger partial charge is 0.508 e. The van der Waals surface area contributed by atoms with Gasteiger partial charge in [-0.15, -0.1) is 0 Å². The van der Waals surface area contributed by atoms with Gasteiger partial charge in [0.15, 0.2) is 0 Å². The van der Waals surface area contributed by atoms with E-state index in [0.717, 1.165) is 5.56 Å². The summed E-state index contributed by atoms with van der Waals surface area (Å²) in [4.78, 5) is 0. The number of halogens is 2. The molecule has 2 nitrogen and oxygen atoms in total. The summed E-state index contributed by atoms with van der Waals surface area (Å²) in [5.74, 6) is 0.147. The van der Waals surface area contributed by atoms with Crippen molar-refractivity contribution in [1.82, 2.24) is 0 Å². The van der Waals surface area contributed by atoms with Crippen LogP contribution in [0, 0.1) is 11.3 Å². The second-order valence-corrected chi connectivity index (χ2v) is 4.73. The molecule has 0 aliphatic rings. The average Bonchev–Trinajstić information content (AvgIpc) is 2.37. The molecule has 2 aromatic carbocycles. The first-order valence-corrected chi connectivity index (χ1v) is 6.22. The van der Waals surface area contributed by atoms with Gasteiger partial charge in [0.25, 0.3) is 0 Å². The van der Waals surface area contributed by atoms with E-state index in [9.17, 15) is 10.4 Å². The number of hydrogen-bond donors (Lipinski definition) is 1. The highest BCUT2D eigenvalue weighted by molar-refractivity contribution is 6.36. The van der Waals surface area contributed by atoms with Crippen LogP contribution in [0.3, 0.4) is 0 Å². The monoisotopic (exact) mass is 289 g/mol. The molecule has 94 valence electrons. The maximum absolute atomic E-state index is 9.40. The van der Waals surface area contributed by atoms with E-state index in [1.165, 1.54) is 0 Å². The second-order valence-electron chi connectivity index (χ2n) is 3.89. The van der Waals surface area contributed by atoms with Crippen molar-refractivity contribution in [2.24, 2.45) is 0 Å². The summed E-state index contributed by atoms with van der Waals surface area (Å²) in [5.41, 5.74) is 1.74. The maximum atomic E-state index is 9.40. The van der Waals surface area contributed by atoms with E-state index >= 15 is 0 Å². The number of phenols is 1. The standard InChI is InChI=1S/C15H9Cl2NO/c16-12-4-5-14(15(17)8-12)11(9-18)6-10-2-1-3-13(19)7-10/h1-8,19H/b11-6-. The van der Waals surface area contributed by atoms with Crippen LogP contribution >= 0.6 is 23.2 Å². The van der Waals surface area contributed by atoms with E-state index < -0.39 is 0 Å². The van der Waals surface area contributed by atoms with Crippen molar-refractivity contribution < 1.29 is 5.11 Å². The van der Waals surface area contributed by atoms with Gasteiger partial charge in [0.1, 0.15) is 5.75 Å². The van der Waals surface area contributed by atoms with Crippen LogP contribution in [0.4, 0.5) is 0 Å². The van der Waals surface area contributed by atoms with E-state index in [1.807, 2.05) is 0 Å². The fourth-order valence-electron chi connectivity index (χ4n) is 1.66. The van der Waals surface area contributed by atoms with Crippen LogP contribution in [0.15, 0.2) is 42.5 Å². The highest BCUT2D eigenvalue weighted by Gasteiger charge is 2.07. The molecule has 0 atom stereocenters. The minimum Gasteiger partial charge on any atom is -0.508 e. The summed E-state index contributed by atoms with van der Waals surface area (Å²) < 4.78 is 0. The van der Waals surface area contributed by atoms with E-state index in [0.29, 0.717) is 21.2 Å². The van der Waals surface area contributed by atoms with Crippen molar-refractivity contribution in [3.05, 3.63) is 63.6 Å². The Balaban J connectivity index is 2.48. The van der Waals surface area contributed by atoms with Gasteiger partial charge in [0.2, 0.25) is 0 Å². The SMILES string of the molecule is N#C/C(=C/c1cccc(O)c1)c1ccc(Cl)cc1Cl. The molecule has 2 aromatic rings. The maximum Gasteiger partial charge on any atom is 0.116 e. The Morgan fingerprint density at radius 2 is 1.95 bits per heavy atom. The third kappa shape index (κ3) is 3.29. The molecule has 19 heavy (non-hydrogen) atoms. The number of phenolic OH excluding ortho intramolecular Hbond substituents is 1. The molecular weight excluding hydrogens is 281 g/mol. The zero-order valence-corrected chi connectivity index (χ0v) is 11.3. The zero-order chi connectivity index (χ0) is 13.8. The van der Waals surface area contributed by atoms with Crippen molar-refractivity contribution >= 4 is 34.9 Å². The molecule has 0 bridgehead atoms. The molecule has 0 spiro atoms. The van der Waals surface area contributed by atoms with Crippen LogP contribution in [-0.2, 0) is 0 Å². The van der Waals surface area contributed by atoms with Gasteiger partial charge in [-0.2, -0.15) is 5.26 Å². The average molecular weight is 290 g/mol. The fourth-order valence-corrected chi connectivity index (χ4v) is 2.17. The number of allylic oxidation sites excluding steroid dienone is 1. The highest BCUT2D eigenvalue weighted by atomic mass is 35.5. The van der Waals surface area contributed by atoms with Gasteiger partial charge < -0.3 is 5.11 Å². The normalized spacial score (nSPS) is 11.1. The molecule has 0 unspecified atom stereocenters. The zero-order valence-electron chi connectivity index (χ0n) is 9.77. The predicted molar refractivity (Wildman–Crippen MR) is 78.1 cm³/mol. The summed E-state index contributed by atoms with van der Waals surface area (Å²) in [7, 11) is 0. The summed E-state index contributed by atoms with van der Waals surface area (Å²) in [6.07, 6.45) is 1.66. The Labute approximate surface area is 121 Å². The quantitative estimate of drug-likeness (QED) is 0.640. The van der Waals surface area contributed by atoms with Crippen molar-refractivity contribution in [2.75, 3.05) is 0 Å². The van der Waals surface area contributed by atoms with Crippen molar-refractivity contribution in [3.8, 4) is 11.8 Å². The Morgan fingerprint density at radius 1 is 1.16 bits per heavy atom. The first-order chi connectivity index (χ1) is 9.10. The van der Waals surface area contributed by atoms with Crippen LogP contribution in [-0.4, -0.2) is 5.11 Å². The summed E-state index contributed by atoms with van der Waals surface area (Å²) >= 11 is 11.9. The molecule has 0 saturated carbocycles. The second kappa shape index (κ2) is 5.79. The highest BCUT2D eigenvalue weighted by Crippen LogP contribution is 2.28. The minimum atomic E-state index is 0.147. The van der Waals surface area contributed by atoms with Gasteiger partial charge in [0, 0.05) is 10.6 Å². The van der Waals surface area contributed by atoms with Crippen molar-refractivity contribution in [3.63, 3.8) is 0 Å². The smallest absolute Gasteiger partial charge is 0.116 e. The predicted octanol–water partition coefficient (Wildman–Crippen LogP) is 4.76. The number of aromatic hydroxyl groups is 1. The Morgan fingerprint density at radius 3 is 2.58 bits per heavy atom. The molecule has 0 aromatic heterocycles. The van der Waals surface area contributed by atoms with Crippen LogP contribution < -0.4 is 0 Å². The van der Waals surface area contributed by atoms with E-state index in [1.54, 1.807) is 48.5 Å². The molecular formula is C15H9Cl2NO. The molecule has 2 rings (SSSR count). The van der Waals surface area contributed by atoms with Gasteiger partial charge >= 0.3 is 0 Å². The van der Waals surface area contributed by atoms with E-state index in [-0.39, 0.29) is 5.75 Å². The van der Waals surface area contributed by atoms with Crippen LogP contribution in [0.2, 0.25) is 10.0 Å². The summed E-state index contributed by atoms with van der Waals surface area (Å²) in [6, 6.07) is 13.7. The lowest BCUT2D eigenvalue weighted by molar-refractivity contribution is 0.475. The molecule has 0 heterocycles. The number of rotatable bonds is 2. The van der Waals surface area contributed by atoms with E-state index in [4.69, 9.17) is 23.2 Å². The molecule has 4 heteroatoms. The Bertz CT molecular complexity index is 687. The minimum absolute atomic E-state index is 0.147. The molecule has 0 saturated heterocycles. The van der Waals surface area contributed by atoms with Crippen molar-refractivity contribution in [1.29, 1.82) is 5.26 Å². The van der Waals surface area contributed by atoms with Crippen LogP contribution in [0.1, 0.15) is 11.1 Å². The molecule has 1 N–H and O–H groups in total. The molecule has 0 aliphatic heterocycles. The number of benzene rings is 2. The lowest BCUT2D eigenvalue weighted by Gasteiger charge is -2.03. The number of nitrogens with zero attached hydrogens (tertiary/aromatic N) is 1. The van der Waals surface area contributed by atoms with Gasteiger partial charge in [-0.1, -0.05) is 41.4 Å². The summed E-state index contributed by atoms with van der Waals surface area (Å²) in [6.45, 7) is 0. The Kier molecular flexibility index (Phi) is 4.11. The van der Waals surface area contributed by atoms with E-state index in [2.05, 4.69) is 6.07 Å². The Hall–Kier alpha value is -1.95. The molecule has 0 radical (unpaired) electrons. The first kappa shape index (κ1) is 13.5. The third-order valence-corrected chi connectivity index (χ3v) is 3.07. The van der Waals surface area contributed by atoms with Gasteiger partial charge in [0.05, 0.1) is 16.7 Å². The van der Waals surface area contributed by atoms with Crippen molar-refractivity contribution in [2.45, 2.75) is 0 Å². The fraction of sp³-hybridized carbons (Fsp3) is 0. The van der Waals surface area contributed by atoms with Crippen LogP contribution in [0.25, 0.3) is 11.6 Å². The van der Waals surface area contributed by atoms with Gasteiger partial charge in [-0.25, -0.2) is 0 Å². The third-order valence-electron chi connectivity index (χ3n) is 2.52. The topological polar surface area (TPSA) is 44.0 Å². The van der Waals surface area contributed by atoms with Gasteiger partial charge in [-0.05, 0) is 35.9 Å². The summed E-state index contributed by atoms with van der Waals surface area (Å²) in [5, 5.41) is 19.6. The first-order valence-electron chi connectivity index (χ1n) is 5.46. The lowest BCUT2D eigenvalue weighted by atomic mass is 10.0. The van der Waals surface area contributed by atoms with Gasteiger partial charge in [-0.3, -0.25) is 0 Å². The molecule has 0 aliphatic carbocycles. The lowest BCUT2D eigenvalue weighted by Crippen LogP contribution is -1.84. The molecule has 0 fully saturated rings.